The van der Waals surface area contributed by atoms with E-state index in [4.69, 9.17) is 14.6 Å². The monoisotopic (exact) mass is 220 g/mol. The minimum atomic E-state index is -0.796. The summed E-state index contributed by atoms with van der Waals surface area (Å²) in [5.41, 5.74) is 0. The molecular weight excluding hydrogens is 204 g/mol. The lowest BCUT2D eigenvalue weighted by Gasteiger charge is -2.13. The van der Waals surface area contributed by atoms with Gasteiger partial charge in [-0.05, 0) is 0 Å². The summed E-state index contributed by atoms with van der Waals surface area (Å²) in [5.74, 6) is -1.59. The highest BCUT2D eigenvalue weighted by atomic mass is 16.7. The van der Waals surface area contributed by atoms with Gasteiger partial charge in [-0.25, -0.2) is 0 Å². The first kappa shape index (κ1) is 13.8. The highest BCUT2D eigenvalue weighted by Gasteiger charge is 2.14. The van der Waals surface area contributed by atoms with Gasteiger partial charge in [0.1, 0.15) is 0 Å². The number of carbonyl (C=O) groups is 2. The fraction of sp³-hybridized carbons (Fsp3) is 0.750. The van der Waals surface area contributed by atoms with E-state index in [0.717, 1.165) is 0 Å². The zero-order valence-electron chi connectivity index (χ0n) is 8.78. The maximum atomic E-state index is 11.1. The smallest absolute Gasteiger partial charge is 0.309 e. The van der Waals surface area contributed by atoms with Gasteiger partial charge in [0.25, 0.3) is 0 Å². The maximum absolute atomic E-state index is 11.1. The van der Waals surface area contributed by atoms with Crippen molar-refractivity contribution in [1.82, 2.24) is 10.6 Å². The molecule has 3 N–H and O–H groups in total. The molecule has 0 rings (SSSR count). The summed E-state index contributed by atoms with van der Waals surface area (Å²) in [7, 11) is 2.85. The Bertz CT molecular complexity index is 205. The van der Waals surface area contributed by atoms with Crippen LogP contribution in [0.1, 0.15) is 0 Å². The molecule has 0 heterocycles. The van der Waals surface area contributed by atoms with E-state index in [0.29, 0.717) is 0 Å². The van der Waals surface area contributed by atoms with Gasteiger partial charge in [0, 0.05) is 20.8 Å². The molecule has 0 saturated heterocycles. The molecule has 0 aliphatic rings. The molecule has 0 aromatic rings. The third-order valence-corrected chi connectivity index (χ3v) is 1.56. The van der Waals surface area contributed by atoms with Crippen molar-refractivity contribution < 1.29 is 24.2 Å². The van der Waals surface area contributed by atoms with Crippen LogP contribution < -0.4 is 10.6 Å². The Morgan fingerprint density at radius 3 is 2.20 bits per heavy atom. The van der Waals surface area contributed by atoms with E-state index in [1.807, 2.05) is 0 Å². The number of aliphatic hydroxyl groups is 1. The van der Waals surface area contributed by atoms with Crippen LogP contribution in [0.15, 0.2) is 0 Å². The van der Waals surface area contributed by atoms with Gasteiger partial charge in [-0.1, -0.05) is 0 Å². The third-order valence-electron chi connectivity index (χ3n) is 1.56. The summed E-state index contributed by atoms with van der Waals surface area (Å²) in [6, 6.07) is 0. The normalized spacial score (nSPS) is 10.1. The number of amides is 2. The molecule has 0 saturated carbocycles. The predicted molar refractivity (Wildman–Crippen MR) is 50.9 cm³/mol. The quantitative estimate of drug-likeness (QED) is 0.349. The number of carbonyl (C=O) groups excluding carboxylic acids is 2. The first-order valence-corrected chi connectivity index (χ1v) is 4.38. The molecule has 0 atom stereocenters. The second kappa shape index (κ2) is 8.16. The van der Waals surface area contributed by atoms with Crippen LogP contribution in [-0.2, 0) is 19.1 Å². The molecule has 0 aliphatic heterocycles. The molecule has 0 spiro atoms. The van der Waals surface area contributed by atoms with Crippen molar-refractivity contribution in [3.63, 3.8) is 0 Å². The first-order chi connectivity index (χ1) is 7.15. The molecule has 0 fully saturated rings. The fourth-order valence-electron chi connectivity index (χ4n) is 0.769. The molecule has 0 radical (unpaired) electrons. The van der Waals surface area contributed by atoms with Crippen molar-refractivity contribution in [2.24, 2.45) is 0 Å². The molecule has 0 aliphatic carbocycles. The summed E-state index contributed by atoms with van der Waals surface area (Å²) in [6.07, 6.45) is -0.584. The molecule has 88 valence electrons. The lowest BCUT2D eigenvalue weighted by Crippen LogP contribution is -2.44. The van der Waals surface area contributed by atoms with Crippen molar-refractivity contribution in [3.8, 4) is 0 Å². The molecule has 0 unspecified atom stereocenters. The molecule has 2 amide bonds. The minimum Gasteiger partial charge on any atom is -0.395 e. The molecule has 0 aromatic carbocycles. The SMILES string of the molecule is COC(CNC(=O)C(=O)NCCO)OC. The van der Waals surface area contributed by atoms with Crippen LogP contribution >= 0.6 is 0 Å². The Morgan fingerprint density at radius 1 is 1.20 bits per heavy atom. The zero-order valence-corrected chi connectivity index (χ0v) is 8.78. The van der Waals surface area contributed by atoms with Crippen LogP contribution in [0.2, 0.25) is 0 Å². The van der Waals surface area contributed by atoms with E-state index >= 15 is 0 Å². The molecule has 7 heteroatoms. The number of rotatable bonds is 6. The molecular formula is C8H16N2O5. The number of ether oxygens (including phenoxy) is 2. The second-order valence-electron chi connectivity index (χ2n) is 2.59. The van der Waals surface area contributed by atoms with Gasteiger partial charge in [0.2, 0.25) is 0 Å². The van der Waals surface area contributed by atoms with Gasteiger partial charge in [-0.15, -0.1) is 0 Å². The summed E-state index contributed by atoms with van der Waals surface area (Å²) >= 11 is 0. The number of methoxy groups -OCH3 is 2. The predicted octanol–water partition coefficient (Wildman–Crippen LogP) is -2.17. The minimum absolute atomic E-state index is 0.0459. The number of aliphatic hydroxyl groups excluding tert-OH is 1. The fourth-order valence-corrected chi connectivity index (χ4v) is 0.769. The van der Waals surface area contributed by atoms with Crippen LogP contribution in [0.3, 0.4) is 0 Å². The van der Waals surface area contributed by atoms with Crippen LogP contribution in [0.25, 0.3) is 0 Å². The van der Waals surface area contributed by atoms with Crippen LogP contribution in [0.5, 0.6) is 0 Å². The Morgan fingerprint density at radius 2 is 1.73 bits per heavy atom. The van der Waals surface area contributed by atoms with Crippen LogP contribution in [-0.4, -0.2) is 57.1 Å². The topological polar surface area (TPSA) is 96.9 Å². The van der Waals surface area contributed by atoms with Crippen molar-refractivity contribution in [2.45, 2.75) is 6.29 Å². The van der Waals surface area contributed by atoms with Gasteiger partial charge < -0.3 is 25.2 Å². The van der Waals surface area contributed by atoms with Crippen LogP contribution in [0.4, 0.5) is 0 Å². The zero-order chi connectivity index (χ0) is 11.7. The summed E-state index contributed by atoms with van der Waals surface area (Å²) in [4.78, 5) is 22.0. The van der Waals surface area contributed by atoms with E-state index in [2.05, 4.69) is 10.6 Å². The van der Waals surface area contributed by atoms with E-state index in [1.54, 1.807) is 0 Å². The highest BCUT2D eigenvalue weighted by molar-refractivity contribution is 6.35. The van der Waals surface area contributed by atoms with Gasteiger partial charge >= 0.3 is 11.8 Å². The van der Waals surface area contributed by atoms with Crippen LogP contribution in [0, 0.1) is 0 Å². The first-order valence-electron chi connectivity index (χ1n) is 4.38. The van der Waals surface area contributed by atoms with E-state index in [9.17, 15) is 9.59 Å². The number of nitrogens with one attached hydrogen (secondary N) is 2. The van der Waals surface area contributed by atoms with E-state index in [-0.39, 0.29) is 19.7 Å². The Balaban J connectivity index is 3.77. The second-order valence-corrected chi connectivity index (χ2v) is 2.59. The van der Waals surface area contributed by atoms with E-state index in [1.165, 1.54) is 14.2 Å². The third kappa shape index (κ3) is 6.00. The maximum Gasteiger partial charge on any atom is 0.309 e. The van der Waals surface area contributed by atoms with Gasteiger partial charge in [-0.2, -0.15) is 0 Å². The van der Waals surface area contributed by atoms with Crippen molar-refractivity contribution in [2.75, 3.05) is 33.9 Å². The van der Waals surface area contributed by atoms with E-state index < -0.39 is 18.1 Å². The average Bonchev–Trinajstić information content (AvgIpc) is 2.26. The highest BCUT2D eigenvalue weighted by Crippen LogP contribution is 1.87. The van der Waals surface area contributed by atoms with Gasteiger partial charge in [0.15, 0.2) is 6.29 Å². The van der Waals surface area contributed by atoms with Crippen molar-refractivity contribution >= 4 is 11.8 Å². The Labute approximate surface area is 87.7 Å². The summed E-state index contributed by atoms with van der Waals surface area (Å²) in [6.45, 7) is -0.0829. The number of hydrogen-bond donors (Lipinski definition) is 3. The van der Waals surface area contributed by atoms with Crippen molar-refractivity contribution in [3.05, 3.63) is 0 Å². The average molecular weight is 220 g/mol. The van der Waals surface area contributed by atoms with Crippen molar-refractivity contribution in [1.29, 1.82) is 0 Å². The molecule has 0 aromatic heterocycles. The molecule has 7 nitrogen and oxygen atoms in total. The standard InChI is InChI=1S/C8H16N2O5/c1-14-6(15-2)5-10-8(13)7(12)9-3-4-11/h6,11H,3-5H2,1-2H3,(H,9,12)(H,10,13). The molecule has 15 heavy (non-hydrogen) atoms. The lowest BCUT2D eigenvalue weighted by atomic mass is 10.5. The number of hydrogen-bond acceptors (Lipinski definition) is 5. The largest absolute Gasteiger partial charge is 0.395 e. The van der Waals surface area contributed by atoms with Gasteiger partial charge in [-0.3, -0.25) is 9.59 Å². The Kier molecular flexibility index (Phi) is 7.51. The summed E-state index contributed by atoms with van der Waals surface area (Å²) in [5, 5.41) is 12.9. The Hall–Kier alpha value is -1.18. The summed E-state index contributed by atoms with van der Waals surface area (Å²) < 4.78 is 9.60. The van der Waals surface area contributed by atoms with Gasteiger partial charge in [0.05, 0.1) is 13.2 Å². The molecule has 0 bridgehead atoms. The lowest BCUT2D eigenvalue weighted by molar-refractivity contribution is -0.141.